The Kier molecular flexibility index (Phi) is 7.63. The van der Waals surface area contributed by atoms with Crippen molar-refractivity contribution in [1.29, 1.82) is 0 Å². The molecular weight excluding hydrogens is 508 g/mol. The van der Waals surface area contributed by atoms with Crippen LogP contribution in [0.4, 0.5) is 0 Å². The monoisotopic (exact) mass is 528 g/mol. The summed E-state index contributed by atoms with van der Waals surface area (Å²) in [6.45, 7) is 2.86. The largest absolute Gasteiger partial charge is 0.341 e. The van der Waals surface area contributed by atoms with E-state index in [2.05, 4.69) is 12.0 Å². The summed E-state index contributed by atoms with van der Waals surface area (Å²) in [5.41, 5.74) is 1.08. The molecule has 0 spiro atoms. The van der Waals surface area contributed by atoms with Gasteiger partial charge in [0, 0.05) is 26.3 Å². The molecule has 6 nitrogen and oxygen atoms in total. The maximum Gasteiger partial charge on any atom is 0.265 e. The predicted molar refractivity (Wildman–Crippen MR) is 127 cm³/mol. The van der Waals surface area contributed by atoms with Crippen LogP contribution in [0.1, 0.15) is 35.7 Å². The molecule has 33 heavy (non-hydrogen) atoms. The number of Topliss-reactive ketones (excluding diaryl/α,β-unsaturated/α-hetero) is 1. The van der Waals surface area contributed by atoms with E-state index in [0.29, 0.717) is 37.8 Å². The summed E-state index contributed by atoms with van der Waals surface area (Å²) in [5.74, 6) is -1.28. The van der Waals surface area contributed by atoms with Crippen LogP contribution in [-0.4, -0.2) is 28.3 Å². The molecule has 2 aromatic carbocycles. The lowest BCUT2D eigenvalue weighted by Crippen LogP contribution is -2.37. The fourth-order valence-electron chi connectivity index (χ4n) is 3.84. The number of halogens is 4. The van der Waals surface area contributed by atoms with Crippen LogP contribution in [0.5, 0.6) is 0 Å². The van der Waals surface area contributed by atoms with Crippen LogP contribution >= 0.6 is 46.4 Å². The van der Waals surface area contributed by atoms with Crippen LogP contribution in [-0.2, 0) is 28.4 Å². The summed E-state index contributed by atoms with van der Waals surface area (Å²) in [6, 6.07) is 10.0. The van der Waals surface area contributed by atoms with E-state index >= 15 is 0 Å². The van der Waals surface area contributed by atoms with E-state index < -0.39 is 5.79 Å². The Bertz CT molecular complexity index is 1170. The van der Waals surface area contributed by atoms with E-state index in [1.165, 1.54) is 0 Å². The van der Waals surface area contributed by atoms with E-state index in [4.69, 9.17) is 55.9 Å². The normalized spacial score (nSPS) is 20.3. The van der Waals surface area contributed by atoms with E-state index in [9.17, 15) is 4.79 Å². The van der Waals surface area contributed by atoms with Gasteiger partial charge in [0.15, 0.2) is 12.3 Å². The molecule has 1 fully saturated rings. The zero-order valence-corrected chi connectivity index (χ0v) is 20.8. The second kappa shape index (κ2) is 10.3. The smallest absolute Gasteiger partial charge is 0.265 e. The minimum atomic E-state index is -1.12. The zero-order chi connectivity index (χ0) is 23.6. The van der Waals surface area contributed by atoms with Gasteiger partial charge in [-0.1, -0.05) is 65.8 Å². The highest BCUT2D eigenvalue weighted by atomic mass is 35.5. The lowest BCUT2D eigenvalue weighted by Gasteiger charge is -2.27. The Morgan fingerprint density at radius 3 is 2.58 bits per heavy atom. The second-order valence-electron chi connectivity index (χ2n) is 7.88. The number of nitrogens with zero attached hydrogens (tertiary/aromatic N) is 3. The summed E-state index contributed by atoms with van der Waals surface area (Å²) in [4.78, 5) is 12.7. The van der Waals surface area contributed by atoms with Crippen molar-refractivity contribution in [3.8, 4) is 0 Å². The molecule has 1 aliphatic rings. The molecule has 1 saturated heterocycles. The molecule has 0 N–H and O–H groups in total. The predicted octanol–water partition coefficient (Wildman–Crippen LogP) is 5.74. The minimum Gasteiger partial charge on any atom is -0.341 e. The number of hydrogen-bond donors (Lipinski definition) is 0. The highest BCUT2D eigenvalue weighted by molar-refractivity contribution is 6.37. The lowest BCUT2D eigenvalue weighted by molar-refractivity contribution is -0.684. The van der Waals surface area contributed by atoms with Gasteiger partial charge in [0.2, 0.25) is 12.1 Å². The van der Waals surface area contributed by atoms with Gasteiger partial charge in [-0.3, -0.25) is 4.79 Å². The third kappa shape index (κ3) is 5.53. The van der Waals surface area contributed by atoms with Crippen molar-refractivity contribution in [3.05, 3.63) is 80.3 Å². The van der Waals surface area contributed by atoms with Gasteiger partial charge in [-0.05, 0) is 36.8 Å². The molecule has 2 heterocycles. The van der Waals surface area contributed by atoms with Gasteiger partial charge in [-0.25, -0.2) is 4.57 Å². The van der Waals surface area contributed by atoms with Gasteiger partial charge in [0.1, 0.15) is 6.54 Å². The maximum atomic E-state index is 12.7. The summed E-state index contributed by atoms with van der Waals surface area (Å²) < 4.78 is 15.9. The number of carbonyl (C=O) groups excluding carboxylic acids is 1. The highest BCUT2D eigenvalue weighted by Gasteiger charge is 2.46. The first-order valence-corrected chi connectivity index (χ1v) is 12.0. The van der Waals surface area contributed by atoms with Gasteiger partial charge < -0.3 is 9.47 Å². The maximum absolute atomic E-state index is 12.7. The van der Waals surface area contributed by atoms with Crippen molar-refractivity contribution >= 4 is 52.2 Å². The van der Waals surface area contributed by atoms with Crippen molar-refractivity contribution in [1.82, 2.24) is 9.78 Å². The first-order chi connectivity index (χ1) is 15.8. The lowest BCUT2D eigenvalue weighted by atomic mass is 10.1. The molecule has 0 radical (unpaired) electrons. The molecule has 0 unspecified atom stereocenters. The van der Waals surface area contributed by atoms with Crippen molar-refractivity contribution in [2.75, 3.05) is 6.61 Å². The summed E-state index contributed by atoms with van der Waals surface area (Å²) in [7, 11) is 0. The average Bonchev–Trinajstić information content (AvgIpc) is 3.35. The van der Waals surface area contributed by atoms with Crippen molar-refractivity contribution in [2.45, 2.75) is 44.7 Å². The molecule has 0 aliphatic carbocycles. The number of benzene rings is 2. The molecule has 0 amide bonds. The first-order valence-electron chi connectivity index (χ1n) is 10.5. The number of aromatic nitrogens is 3. The number of ether oxygens (including phenoxy) is 2. The molecule has 1 aromatic heterocycles. The van der Waals surface area contributed by atoms with Crippen LogP contribution in [0.15, 0.2) is 49.1 Å². The van der Waals surface area contributed by atoms with E-state index in [1.807, 2.05) is 6.07 Å². The van der Waals surface area contributed by atoms with E-state index in [0.717, 1.165) is 12.8 Å². The van der Waals surface area contributed by atoms with Crippen LogP contribution in [0.2, 0.25) is 20.1 Å². The number of rotatable bonds is 8. The Labute approximate surface area is 211 Å². The Morgan fingerprint density at radius 1 is 1.15 bits per heavy atom. The van der Waals surface area contributed by atoms with Gasteiger partial charge >= 0.3 is 0 Å². The minimum absolute atomic E-state index is 0.0574. The molecular formula is C23H22Cl4N3O3+. The fraction of sp³-hybridized carbons (Fsp3) is 0.348. The third-order valence-electron chi connectivity index (χ3n) is 5.37. The standard InChI is InChI=1S/C23H22Cl4N3O3/c1-2-3-17-11-32-23(33-17,19-7-5-16(25)9-21(19)27)12-30-14-29(13-28-30)10-22(31)18-6-4-15(24)8-20(18)26/h4-9,13-14,17H,2-3,10-12H2,1H3/q+1/t17-,23-/m1/s1. The quantitative estimate of drug-likeness (QED) is 0.276. The van der Waals surface area contributed by atoms with Crippen molar-refractivity contribution < 1.29 is 18.8 Å². The molecule has 174 valence electrons. The summed E-state index contributed by atoms with van der Waals surface area (Å²) in [5, 5.41) is 6.16. The van der Waals surface area contributed by atoms with Gasteiger partial charge in [0.25, 0.3) is 6.33 Å². The van der Waals surface area contributed by atoms with E-state index in [1.54, 1.807) is 52.2 Å². The van der Waals surface area contributed by atoms with Crippen molar-refractivity contribution in [3.63, 3.8) is 0 Å². The van der Waals surface area contributed by atoms with Gasteiger partial charge in [-0.2, -0.15) is 0 Å². The highest BCUT2D eigenvalue weighted by Crippen LogP contribution is 2.41. The number of ketones is 1. The molecule has 10 heteroatoms. The second-order valence-corrected chi connectivity index (χ2v) is 9.57. The molecule has 0 bridgehead atoms. The van der Waals surface area contributed by atoms with Crippen LogP contribution < -0.4 is 4.57 Å². The average molecular weight is 530 g/mol. The van der Waals surface area contributed by atoms with E-state index in [-0.39, 0.29) is 25.0 Å². The summed E-state index contributed by atoms with van der Waals surface area (Å²) in [6.07, 6.45) is 5.06. The van der Waals surface area contributed by atoms with Gasteiger partial charge in [0.05, 0.1) is 22.8 Å². The zero-order valence-electron chi connectivity index (χ0n) is 17.8. The fourth-order valence-corrected chi connectivity index (χ4v) is 4.91. The van der Waals surface area contributed by atoms with Crippen LogP contribution in [0.25, 0.3) is 0 Å². The van der Waals surface area contributed by atoms with Crippen molar-refractivity contribution in [2.24, 2.45) is 0 Å². The molecule has 3 aromatic rings. The molecule has 4 rings (SSSR count). The first kappa shape index (κ1) is 24.5. The van der Waals surface area contributed by atoms with Gasteiger partial charge in [-0.15, -0.1) is 4.68 Å². The molecule has 1 aliphatic heterocycles. The van der Waals surface area contributed by atoms with Crippen LogP contribution in [0, 0.1) is 0 Å². The Morgan fingerprint density at radius 2 is 1.88 bits per heavy atom. The van der Waals surface area contributed by atoms with Crippen LogP contribution in [0.3, 0.4) is 0 Å². The Balaban J connectivity index is 1.56. The SMILES string of the molecule is CCC[C@@H]1CO[C@@](Cn2c[n+](CC(=O)c3ccc(Cl)cc3Cl)cn2)(c2ccc(Cl)cc2Cl)O1. The topological polar surface area (TPSA) is 57.2 Å². The molecule has 2 atom stereocenters. The number of carbonyl (C=O) groups is 1. The third-order valence-corrected chi connectivity index (χ3v) is 6.46. The Hall–Kier alpha value is -1.67. The molecule has 0 saturated carbocycles. The summed E-state index contributed by atoms with van der Waals surface area (Å²) >= 11 is 24.7. The number of hydrogen-bond acceptors (Lipinski definition) is 4.